The molecular weight excluding hydrogens is 867 g/mol. The molecule has 0 spiro atoms. The first-order chi connectivity index (χ1) is 35.1. The highest BCUT2D eigenvalue weighted by Gasteiger charge is 2.23. The molecule has 0 aliphatic rings. The first-order valence-corrected chi connectivity index (χ1v) is 23.3. The Morgan fingerprint density at radius 3 is 1.34 bits per heavy atom. The molecule has 0 saturated carbocycles. The van der Waals surface area contributed by atoms with Gasteiger partial charge in [0.1, 0.15) is 0 Å². The van der Waals surface area contributed by atoms with Gasteiger partial charge in [-0.25, -0.2) is 24.8 Å². The topological polar surface area (TPSA) is 84.6 Å². The van der Waals surface area contributed by atoms with Gasteiger partial charge in [0.05, 0.1) is 57.7 Å². The molecule has 0 aliphatic heterocycles. The molecule has 0 aliphatic carbocycles. The van der Waals surface area contributed by atoms with Crippen LogP contribution in [0.5, 0.6) is 0 Å². The smallest absolute Gasteiger partial charge is 0.194 e. The molecule has 0 amide bonds. The third kappa shape index (κ3) is 7.96. The summed E-state index contributed by atoms with van der Waals surface area (Å²) < 4.78 is 2.29. The van der Waals surface area contributed by atoms with Crippen molar-refractivity contribution in [1.29, 1.82) is 5.26 Å². The summed E-state index contributed by atoms with van der Waals surface area (Å²) in [6.07, 6.45) is 0. The lowest BCUT2D eigenvalue weighted by molar-refractivity contribution is 1.13. The molecule has 9 aromatic carbocycles. The Kier molecular flexibility index (Phi) is 10.8. The Bertz CT molecular complexity index is 3830. The fourth-order valence-corrected chi connectivity index (χ4v) is 9.48. The second-order valence-electron chi connectivity index (χ2n) is 17.2. The van der Waals surface area contributed by atoms with Crippen LogP contribution in [0, 0.1) is 17.9 Å². The van der Waals surface area contributed by atoms with Crippen LogP contribution in [0.25, 0.3) is 122 Å². The molecule has 71 heavy (non-hydrogen) atoms. The highest BCUT2D eigenvalue weighted by molar-refractivity contribution is 6.12. The Hall–Kier alpha value is -10.1. The van der Waals surface area contributed by atoms with E-state index in [1.54, 1.807) is 0 Å². The summed E-state index contributed by atoms with van der Waals surface area (Å²) in [4.78, 5) is 25.2. The summed E-state index contributed by atoms with van der Waals surface area (Å²) in [5, 5.41) is 12.3. The third-order valence-electron chi connectivity index (χ3n) is 12.9. The lowest BCUT2D eigenvalue weighted by Crippen LogP contribution is -2.03. The number of hydrogen-bond donors (Lipinski definition) is 0. The Labute approximate surface area is 410 Å². The largest absolute Gasteiger partial charge is 0.308 e. The normalized spacial score (nSPS) is 11.1. The van der Waals surface area contributed by atoms with Crippen LogP contribution in [0.2, 0.25) is 0 Å². The SMILES string of the molecule is [C-]#[N+]c1ccccc1-c1ccc2c3ccc(-c4ccccc4C#N)cc3n(-c3ccc(-c4cc(-c5ccccc5)nc(-c5ccccc5)n4)cc3-c3nc(-c4ccccc4)cc(-c4ccccc4)n3)c2c1. The predicted octanol–water partition coefficient (Wildman–Crippen LogP) is 16.1. The van der Waals surface area contributed by atoms with E-state index in [2.05, 4.69) is 119 Å². The molecule has 0 N–H and O–H groups in total. The van der Waals surface area contributed by atoms with Gasteiger partial charge in [0, 0.05) is 44.2 Å². The summed E-state index contributed by atoms with van der Waals surface area (Å²) >= 11 is 0. The number of para-hydroxylation sites is 1. The molecule has 0 unspecified atom stereocenters. The molecule has 3 heterocycles. The van der Waals surface area contributed by atoms with Crippen LogP contribution in [0.3, 0.4) is 0 Å². The van der Waals surface area contributed by atoms with Crippen molar-refractivity contribution in [3.8, 4) is 102 Å². The van der Waals surface area contributed by atoms with Crippen molar-refractivity contribution < 1.29 is 0 Å². The van der Waals surface area contributed by atoms with Gasteiger partial charge in [-0.1, -0.05) is 194 Å². The first kappa shape index (κ1) is 42.3. The van der Waals surface area contributed by atoms with Gasteiger partial charge in [-0.05, 0) is 64.7 Å². The molecule has 330 valence electrons. The average Bonchev–Trinajstić information content (AvgIpc) is 3.78. The molecule has 12 rings (SSSR count). The van der Waals surface area contributed by atoms with Crippen LogP contribution in [-0.2, 0) is 0 Å². The van der Waals surface area contributed by atoms with Crippen LogP contribution < -0.4 is 0 Å². The van der Waals surface area contributed by atoms with Crippen LogP contribution in [0.15, 0.2) is 237 Å². The number of hydrogen-bond acceptors (Lipinski definition) is 5. The quantitative estimate of drug-likeness (QED) is 0.135. The third-order valence-corrected chi connectivity index (χ3v) is 12.9. The van der Waals surface area contributed by atoms with Crippen molar-refractivity contribution in [1.82, 2.24) is 24.5 Å². The Balaban J connectivity index is 1.19. The monoisotopic (exact) mass is 905 g/mol. The highest BCUT2D eigenvalue weighted by Crippen LogP contribution is 2.43. The van der Waals surface area contributed by atoms with E-state index >= 15 is 0 Å². The van der Waals surface area contributed by atoms with Crippen molar-refractivity contribution >= 4 is 27.5 Å². The number of nitrogens with zero attached hydrogens (tertiary/aromatic N) is 7. The molecule has 0 fully saturated rings. The standard InChI is InChI=1S/C64H39N7/c1-66-55-29-17-16-28-51(55)47-31-34-53-52-33-30-46(50-27-15-14-26-49(50)41-65)37-61(52)71(62(53)38-47)60-35-32-48(59-40-56(42-18-6-2-7-19-42)67-63(68-59)45-24-12-5-13-25-45)36-54(60)64-69-57(43-20-8-3-9-21-43)39-58(70-64)44-22-10-4-11-23-44/h2-40H. The maximum absolute atomic E-state index is 10.3. The first-order valence-electron chi connectivity index (χ1n) is 23.3. The predicted molar refractivity (Wildman–Crippen MR) is 286 cm³/mol. The number of fused-ring (bicyclic) bond motifs is 3. The van der Waals surface area contributed by atoms with Crippen LogP contribution in [0.1, 0.15) is 5.56 Å². The van der Waals surface area contributed by atoms with Gasteiger partial charge < -0.3 is 4.57 Å². The maximum Gasteiger partial charge on any atom is 0.194 e. The highest BCUT2D eigenvalue weighted by atomic mass is 15.0. The van der Waals surface area contributed by atoms with Gasteiger partial charge in [-0.15, -0.1) is 0 Å². The minimum atomic E-state index is 0.526. The van der Waals surface area contributed by atoms with E-state index in [1.807, 2.05) is 133 Å². The van der Waals surface area contributed by atoms with E-state index in [4.69, 9.17) is 26.5 Å². The second kappa shape index (κ2) is 18.2. The van der Waals surface area contributed by atoms with Crippen molar-refractivity contribution in [2.24, 2.45) is 0 Å². The van der Waals surface area contributed by atoms with Crippen molar-refractivity contribution in [3.63, 3.8) is 0 Å². The Morgan fingerprint density at radius 2 is 0.803 bits per heavy atom. The molecule has 0 radical (unpaired) electrons. The molecular formula is C64H39N7. The number of benzene rings is 9. The molecule has 7 nitrogen and oxygen atoms in total. The summed E-state index contributed by atoms with van der Waals surface area (Å²) in [7, 11) is 0. The van der Waals surface area contributed by atoms with E-state index in [0.29, 0.717) is 22.9 Å². The van der Waals surface area contributed by atoms with E-state index in [1.165, 1.54) is 0 Å². The summed E-state index contributed by atoms with van der Waals surface area (Å²) in [6, 6.07) is 81.9. The number of nitriles is 1. The average molecular weight is 906 g/mol. The van der Waals surface area contributed by atoms with Gasteiger partial charge in [0.2, 0.25) is 0 Å². The molecule has 0 saturated heterocycles. The van der Waals surface area contributed by atoms with Crippen LogP contribution in [-0.4, -0.2) is 24.5 Å². The van der Waals surface area contributed by atoms with Gasteiger partial charge in [-0.3, -0.25) is 0 Å². The summed E-state index contributed by atoms with van der Waals surface area (Å²) in [6.45, 7) is 8.07. The van der Waals surface area contributed by atoms with Crippen molar-refractivity contribution in [2.75, 3.05) is 0 Å². The molecule has 12 aromatic rings. The van der Waals surface area contributed by atoms with Crippen LogP contribution >= 0.6 is 0 Å². The minimum Gasteiger partial charge on any atom is -0.308 e. The second-order valence-corrected chi connectivity index (χ2v) is 17.2. The van der Waals surface area contributed by atoms with E-state index in [0.717, 1.165) is 106 Å². The van der Waals surface area contributed by atoms with Crippen molar-refractivity contribution in [3.05, 3.63) is 254 Å². The molecule has 3 aromatic heterocycles. The van der Waals surface area contributed by atoms with Gasteiger partial charge >= 0.3 is 0 Å². The molecule has 0 bridgehead atoms. The number of aromatic nitrogens is 5. The fraction of sp³-hybridized carbons (Fsp3) is 0. The maximum atomic E-state index is 10.3. The van der Waals surface area contributed by atoms with Gasteiger partial charge in [-0.2, -0.15) is 5.26 Å². The molecule has 0 atom stereocenters. The zero-order valence-electron chi connectivity index (χ0n) is 38.1. The summed E-state index contributed by atoms with van der Waals surface area (Å²) in [5.41, 5.74) is 15.9. The Morgan fingerprint density at radius 1 is 0.366 bits per heavy atom. The van der Waals surface area contributed by atoms with Gasteiger partial charge in [0.25, 0.3) is 0 Å². The lowest BCUT2D eigenvalue weighted by Gasteiger charge is -2.17. The zero-order valence-corrected chi connectivity index (χ0v) is 38.1. The van der Waals surface area contributed by atoms with Gasteiger partial charge in [0.15, 0.2) is 17.3 Å². The van der Waals surface area contributed by atoms with Crippen molar-refractivity contribution in [2.45, 2.75) is 0 Å². The van der Waals surface area contributed by atoms with E-state index in [9.17, 15) is 5.26 Å². The fourth-order valence-electron chi connectivity index (χ4n) is 9.48. The van der Waals surface area contributed by atoms with Crippen LogP contribution in [0.4, 0.5) is 5.69 Å². The zero-order chi connectivity index (χ0) is 47.7. The molecule has 7 heteroatoms. The lowest BCUT2D eigenvalue weighted by atomic mass is 9.98. The summed E-state index contributed by atoms with van der Waals surface area (Å²) in [5.74, 6) is 1.14. The van der Waals surface area contributed by atoms with E-state index in [-0.39, 0.29) is 0 Å². The van der Waals surface area contributed by atoms with E-state index < -0.39 is 0 Å². The number of rotatable bonds is 9. The minimum absolute atomic E-state index is 0.526.